The molecule has 0 aliphatic carbocycles. The fraction of sp³-hybridized carbons (Fsp3) is 0.636. The Hall–Kier alpha value is -3.04. The second kappa shape index (κ2) is 12.7. The van der Waals surface area contributed by atoms with Crippen molar-refractivity contribution in [3.05, 3.63) is 12.2 Å². The summed E-state index contributed by atoms with van der Waals surface area (Å²) in [5, 5.41) is 5.14. The summed E-state index contributed by atoms with van der Waals surface area (Å²) >= 11 is 0. The van der Waals surface area contributed by atoms with E-state index in [2.05, 4.69) is 10.6 Å². The number of imide groups is 1. The third kappa shape index (κ3) is 8.60. The van der Waals surface area contributed by atoms with Crippen LogP contribution in [-0.2, 0) is 24.0 Å². The third-order valence-corrected chi connectivity index (χ3v) is 5.24. The van der Waals surface area contributed by atoms with E-state index in [4.69, 9.17) is 5.73 Å². The highest BCUT2D eigenvalue weighted by Gasteiger charge is 2.30. The van der Waals surface area contributed by atoms with E-state index in [0.29, 0.717) is 19.4 Å². The van der Waals surface area contributed by atoms with Gasteiger partial charge < -0.3 is 16.4 Å². The summed E-state index contributed by atoms with van der Waals surface area (Å²) in [7, 11) is 0. The molecule has 0 radical (unpaired) electrons. The number of carbonyl (C=O) groups excluding carboxylic acids is 6. The maximum atomic E-state index is 13.0. The van der Waals surface area contributed by atoms with Gasteiger partial charge in [0.05, 0.1) is 6.04 Å². The lowest BCUT2D eigenvalue weighted by Crippen LogP contribution is -2.46. The summed E-state index contributed by atoms with van der Waals surface area (Å²) in [5.74, 6) is -2.71. The van der Waals surface area contributed by atoms with Gasteiger partial charge in [0.2, 0.25) is 5.91 Å². The number of rotatable bonds is 14. The van der Waals surface area contributed by atoms with Gasteiger partial charge in [0, 0.05) is 49.9 Å². The van der Waals surface area contributed by atoms with Gasteiger partial charge in [0.15, 0.2) is 5.78 Å². The van der Waals surface area contributed by atoms with Gasteiger partial charge in [0.1, 0.15) is 5.78 Å². The smallest absolute Gasteiger partial charge is 0.312 e. The zero-order chi connectivity index (χ0) is 24.4. The van der Waals surface area contributed by atoms with Crippen molar-refractivity contribution in [1.29, 1.82) is 0 Å². The van der Waals surface area contributed by atoms with Crippen molar-refractivity contribution in [3.63, 3.8) is 0 Å². The highest BCUT2D eigenvalue weighted by molar-refractivity contribution is 6.13. The molecule has 10 heteroatoms. The summed E-state index contributed by atoms with van der Waals surface area (Å²) in [6, 6.07) is -1.44. The van der Waals surface area contributed by atoms with Crippen LogP contribution in [0.15, 0.2) is 12.2 Å². The Balaban J connectivity index is 2.71. The van der Waals surface area contributed by atoms with Crippen molar-refractivity contribution >= 4 is 35.3 Å². The number of nitrogens with two attached hydrogens (primary N) is 1. The van der Waals surface area contributed by atoms with Gasteiger partial charge in [-0.15, -0.1) is 0 Å². The van der Waals surface area contributed by atoms with Crippen molar-refractivity contribution in [1.82, 2.24) is 15.5 Å². The molecule has 0 aromatic rings. The monoisotopic (exact) mass is 450 g/mol. The van der Waals surface area contributed by atoms with E-state index in [1.165, 1.54) is 0 Å². The van der Waals surface area contributed by atoms with Crippen LogP contribution in [0, 0.1) is 17.8 Å². The first-order valence-electron chi connectivity index (χ1n) is 10.9. The van der Waals surface area contributed by atoms with Crippen molar-refractivity contribution in [2.24, 2.45) is 23.5 Å². The number of hydrogen-bond acceptors (Lipinski definition) is 6. The van der Waals surface area contributed by atoms with E-state index < -0.39 is 35.7 Å². The number of carbonyl (C=O) groups is 6. The Morgan fingerprint density at radius 2 is 1.62 bits per heavy atom. The Bertz CT molecular complexity index is 756. The van der Waals surface area contributed by atoms with E-state index in [1.54, 1.807) is 27.7 Å². The molecule has 1 heterocycles. The lowest BCUT2D eigenvalue weighted by molar-refractivity contribution is -0.137. The highest BCUT2D eigenvalue weighted by Crippen LogP contribution is 2.20. The molecule has 0 aromatic heterocycles. The number of hydrogen-bond donors (Lipinski definition) is 3. The summed E-state index contributed by atoms with van der Waals surface area (Å²) in [6.07, 6.45) is 3.04. The van der Waals surface area contributed by atoms with E-state index in [1.807, 2.05) is 0 Å². The van der Waals surface area contributed by atoms with E-state index in [9.17, 15) is 28.8 Å². The van der Waals surface area contributed by atoms with Gasteiger partial charge in [-0.25, -0.2) is 4.79 Å². The van der Waals surface area contributed by atoms with Gasteiger partial charge in [-0.05, 0) is 18.8 Å². The molecule has 1 aliphatic rings. The van der Waals surface area contributed by atoms with Crippen LogP contribution in [0.1, 0.15) is 53.4 Å². The van der Waals surface area contributed by atoms with Crippen molar-refractivity contribution < 1.29 is 28.8 Å². The molecule has 10 nitrogen and oxygen atoms in total. The zero-order valence-corrected chi connectivity index (χ0v) is 19.2. The number of primary amides is 1. The first-order chi connectivity index (χ1) is 14.9. The van der Waals surface area contributed by atoms with Gasteiger partial charge in [-0.1, -0.05) is 27.7 Å². The van der Waals surface area contributed by atoms with Crippen molar-refractivity contribution in [2.75, 3.05) is 13.1 Å². The molecular formula is C22H34N4O6. The molecule has 178 valence electrons. The lowest BCUT2D eigenvalue weighted by Gasteiger charge is -2.25. The Morgan fingerprint density at radius 3 is 2.12 bits per heavy atom. The minimum Gasteiger partial charge on any atom is -0.352 e. The summed E-state index contributed by atoms with van der Waals surface area (Å²) in [4.78, 5) is 72.9. The van der Waals surface area contributed by atoms with Crippen LogP contribution in [0.3, 0.4) is 0 Å². The molecule has 0 saturated heterocycles. The van der Waals surface area contributed by atoms with Crippen molar-refractivity contribution in [2.45, 2.75) is 59.4 Å². The maximum Gasteiger partial charge on any atom is 0.312 e. The van der Waals surface area contributed by atoms with Crippen LogP contribution >= 0.6 is 0 Å². The molecule has 0 unspecified atom stereocenters. The van der Waals surface area contributed by atoms with Crippen LogP contribution in [0.25, 0.3) is 0 Å². The summed E-state index contributed by atoms with van der Waals surface area (Å²) in [6.45, 7) is 7.33. The third-order valence-electron chi connectivity index (χ3n) is 5.24. The summed E-state index contributed by atoms with van der Waals surface area (Å²) in [5.41, 5.74) is 5.04. The SMILES string of the molecule is CC(C)C(=O)[C@H](CCCNC(N)=O)CC(=O)[C@@H](NC(=O)CCN1C(=O)C=CC1=O)C(C)C. The standard InChI is InChI=1S/C22H34N4O6/c1-13(2)20(25-17(28)9-11-26-18(29)7-8-19(26)30)16(27)12-15(21(31)14(3)4)6-5-10-24-22(23)32/h7-8,13-15,20H,5-6,9-12H2,1-4H3,(H,25,28)(H3,23,24,32)/t15-,20+/m1/s1. The summed E-state index contributed by atoms with van der Waals surface area (Å²) < 4.78 is 0. The topological polar surface area (TPSA) is 156 Å². The predicted octanol–water partition coefficient (Wildman–Crippen LogP) is 0.691. The zero-order valence-electron chi connectivity index (χ0n) is 19.2. The second-order valence-electron chi connectivity index (χ2n) is 8.56. The van der Waals surface area contributed by atoms with Crippen molar-refractivity contribution in [3.8, 4) is 0 Å². The fourth-order valence-electron chi connectivity index (χ4n) is 3.48. The molecule has 32 heavy (non-hydrogen) atoms. The van der Waals surface area contributed by atoms with Gasteiger partial charge >= 0.3 is 6.03 Å². The van der Waals surface area contributed by atoms with Crippen LogP contribution in [-0.4, -0.2) is 59.4 Å². The highest BCUT2D eigenvalue weighted by atomic mass is 16.2. The molecule has 0 saturated carbocycles. The molecule has 0 aromatic carbocycles. The fourth-order valence-corrected chi connectivity index (χ4v) is 3.48. The normalized spacial score (nSPS) is 15.2. The average molecular weight is 451 g/mol. The largest absolute Gasteiger partial charge is 0.352 e. The lowest BCUT2D eigenvalue weighted by atomic mass is 9.84. The van der Waals surface area contributed by atoms with E-state index in [0.717, 1.165) is 17.1 Å². The number of urea groups is 1. The number of amides is 5. The number of nitrogens with zero attached hydrogens (tertiary/aromatic N) is 1. The molecule has 0 spiro atoms. The van der Waals surface area contributed by atoms with Gasteiger partial charge in [-0.3, -0.25) is 28.9 Å². The van der Waals surface area contributed by atoms with Crippen LogP contribution in [0.4, 0.5) is 4.79 Å². The Morgan fingerprint density at radius 1 is 1.03 bits per heavy atom. The molecule has 0 bridgehead atoms. The molecule has 1 rings (SSSR count). The van der Waals surface area contributed by atoms with Crippen LogP contribution in [0.5, 0.6) is 0 Å². The number of nitrogens with one attached hydrogen (secondary N) is 2. The maximum absolute atomic E-state index is 13.0. The number of Topliss-reactive ketones (excluding diaryl/α,β-unsaturated/α-hetero) is 2. The predicted molar refractivity (Wildman–Crippen MR) is 117 cm³/mol. The molecular weight excluding hydrogens is 416 g/mol. The van der Waals surface area contributed by atoms with Gasteiger partial charge in [0.25, 0.3) is 11.8 Å². The first kappa shape index (κ1) is 27.0. The second-order valence-corrected chi connectivity index (χ2v) is 8.56. The first-order valence-corrected chi connectivity index (χ1v) is 10.9. The molecule has 2 atom stereocenters. The van der Waals surface area contributed by atoms with E-state index >= 15 is 0 Å². The molecule has 4 N–H and O–H groups in total. The van der Waals surface area contributed by atoms with Crippen LogP contribution in [0.2, 0.25) is 0 Å². The minimum absolute atomic E-state index is 0.0241. The Kier molecular flexibility index (Phi) is 10.7. The minimum atomic E-state index is -0.795. The molecule has 5 amide bonds. The molecule has 0 fully saturated rings. The Labute approximate surface area is 188 Å². The quantitative estimate of drug-likeness (QED) is 0.261. The average Bonchev–Trinajstić information content (AvgIpc) is 3.03. The van der Waals surface area contributed by atoms with Gasteiger partial charge in [-0.2, -0.15) is 0 Å². The van der Waals surface area contributed by atoms with Crippen LogP contribution < -0.4 is 16.4 Å². The van der Waals surface area contributed by atoms with E-state index in [-0.39, 0.29) is 42.8 Å². The number of ketones is 2. The molecule has 1 aliphatic heterocycles.